The van der Waals surface area contributed by atoms with E-state index < -0.39 is 0 Å². The Morgan fingerprint density at radius 2 is 2.11 bits per heavy atom. The Balaban J connectivity index is 4.01. The Morgan fingerprint density at radius 3 is 2.22 bits per heavy atom. The molecule has 0 radical (unpaired) electrons. The zero-order valence-electron chi connectivity index (χ0n) is 6.26. The van der Waals surface area contributed by atoms with Crippen molar-refractivity contribution in [3.63, 3.8) is 0 Å². The minimum Gasteiger partial charge on any atom is -0.405 e. The SMILES string of the molecule is C/N=C(\C=C/N)C(C)C. The highest BCUT2D eigenvalue weighted by Gasteiger charge is 1.96. The number of aliphatic imine (C=N–C) groups is 1. The molecule has 0 aromatic rings. The van der Waals surface area contributed by atoms with E-state index in [4.69, 9.17) is 5.73 Å². The normalized spacial score (nSPS) is 13.6. The summed E-state index contributed by atoms with van der Waals surface area (Å²) < 4.78 is 0. The molecule has 0 aromatic carbocycles. The van der Waals surface area contributed by atoms with Gasteiger partial charge in [0.1, 0.15) is 0 Å². The van der Waals surface area contributed by atoms with Crippen molar-refractivity contribution < 1.29 is 0 Å². The lowest BCUT2D eigenvalue weighted by molar-refractivity contribution is 0.886. The third kappa shape index (κ3) is 2.90. The smallest absolute Gasteiger partial charge is 0.0384 e. The quantitative estimate of drug-likeness (QED) is 0.554. The number of hydrogen-bond donors (Lipinski definition) is 1. The van der Waals surface area contributed by atoms with Crippen LogP contribution in [-0.2, 0) is 0 Å². The zero-order valence-corrected chi connectivity index (χ0v) is 6.26. The fourth-order valence-corrected chi connectivity index (χ4v) is 0.624. The van der Waals surface area contributed by atoms with Crippen LogP contribution in [0.1, 0.15) is 13.8 Å². The van der Waals surface area contributed by atoms with Gasteiger partial charge >= 0.3 is 0 Å². The molecule has 2 N–H and O–H groups in total. The van der Waals surface area contributed by atoms with E-state index in [1.54, 1.807) is 7.05 Å². The van der Waals surface area contributed by atoms with E-state index in [1.807, 2.05) is 6.08 Å². The van der Waals surface area contributed by atoms with Crippen molar-refractivity contribution in [3.8, 4) is 0 Å². The zero-order chi connectivity index (χ0) is 7.28. The summed E-state index contributed by atoms with van der Waals surface area (Å²) >= 11 is 0. The Hall–Kier alpha value is -0.790. The van der Waals surface area contributed by atoms with Crippen LogP contribution >= 0.6 is 0 Å². The van der Waals surface area contributed by atoms with Gasteiger partial charge in [0.25, 0.3) is 0 Å². The standard InChI is InChI=1S/C7H14N2/c1-6(2)7(9-3)4-5-8/h4-6H,8H2,1-3H3/b5-4-,9-7+. The summed E-state index contributed by atoms with van der Waals surface area (Å²) in [6.07, 6.45) is 3.34. The number of rotatable bonds is 2. The molecule has 0 heterocycles. The van der Waals surface area contributed by atoms with Crippen LogP contribution in [-0.4, -0.2) is 12.8 Å². The summed E-state index contributed by atoms with van der Waals surface area (Å²) in [7, 11) is 1.77. The van der Waals surface area contributed by atoms with Gasteiger partial charge in [0, 0.05) is 12.8 Å². The Labute approximate surface area is 56.5 Å². The molecule has 9 heavy (non-hydrogen) atoms. The van der Waals surface area contributed by atoms with E-state index in [-0.39, 0.29) is 0 Å². The third-order valence-corrected chi connectivity index (χ3v) is 1.12. The molecule has 0 unspecified atom stereocenters. The molecule has 52 valence electrons. The minimum atomic E-state index is 0.467. The first-order valence-electron chi connectivity index (χ1n) is 3.07. The maximum atomic E-state index is 5.18. The fourth-order valence-electron chi connectivity index (χ4n) is 0.624. The number of allylic oxidation sites excluding steroid dienone is 1. The molecule has 0 amide bonds. The summed E-state index contributed by atoms with van der Waals surface area (Å²) in [5, 5.41) is 0. The van der Waals surface area contributed by atoms with Crippen LogP contribution in [0.4, 0.5) is 0 Å². The minimum absolute atomic E-state index is 0.467. The summed E-state index contributed by atoms with van der Waals surface area (Å²) in [6.45, 7) is 4.17. The molecule has 0 fully saturated rings. The number of nitrogens with two attached hydrogens (primary N) is 1. The molecule has 0 bridgehead atoms. The van der Waals surface area contributed by atoms with E-state index in [0.717, 1.165) is 5.71 Å². The van der Waals surface area contributed by atoms with E-state index >= 15 is 0 Å². The van der Waals surface area contributed by atoms with Crippen molar-refractivity contribution in [1.29, 1.82) is 0 Å². The topological polar surface area (TPSA) is 38.4 Å². The van der Waals surface area contributed by atoms with Crippen LogP contribution in [0, 0.1) is 5.92 Å². The molecule has 0 rings (SSSR count). The molecule has 0 aliphatic heterocycles. The van der Waals surface area contributed by atoms with Crippen molar-refractivity contribution in [2.24, 2.45) is 16.6 Å². The molecule has 2 heteroatoms. The van der Waals surface area contributed by atoms with Gasteiger partial charge in [0.2, 0.25) is 0 Å². The fraction of sp³-hybridized carbons (Fsp3) is 0.571. The van der Waals surface area contributed by atoms with Crippen LogP contribution in [0.15, 0.2) is 17.3 Å². The maximum Gasteiger partial charge on any atom is 0.0384 e. The third-order valence-electron chi connectivity index (χ3n) is 1.12. The molecule has 0 aliphatic carbocycles. The number of nitrogens with zero attached hydrogens (tertiary/aromatic N) is 1. The van der Waals surface area contributed by atoms with Gasteiger partial charge in [-0.3, -0.25) is 4.99 Å². The first-order valence-corrected chi connectivity index (χ1v) is 3.07. The van der Waals surface area contributed by atoms with Crippen LogP contribution in [0.2, 0.25) is 0 Å². The van der Waals surface area contributed by atoms with Gasteiger partial charge in [-0.15, -0.1) is 0 Å². The van der Waals surface area contributed by atoms with Gasteiger partial charge in [-0.05, 0) is 18.2 Å². The Kier molecular flexibility index (Phi) is 3.76. The summed E-state index contributed by atoms with van der Waals surface area (Å²) in [4.78, 5) is 4.03. The van der Waals surface area contributed by atoms with Crippen molar-refractivity contribution in [1.82, 2.24) is 0 Å². The second kappa shape index (κ2) is 4.13. The van der Waals surface area contributed by atoms with Gasteiger partial charge in [-0.25, -0.2) is 0 Å². The summed E-state index contributed by atoms with van der Waals surface area (Å²) in [5.74, 6) is 0.467. The average Bonchev–Trinajstić information content (AvgIpc) is 1.82. The van der Waals surface area contributed by atoms with Crippen molar-refractivity contribution in [2.75, 3.05) is 7.05 Å². The highest BCUT2D eigenvalue weighted by atomic mass is 14.7. The molecule has 0 saturated carbocycles. The van der Waals surface area contributed by atoms with Crippen LogP contribution in [0.5, 0.6) is 0 Å². The maximum absolute atomic E-state index is 5.18. The summed E-state index contributed by atoms with van der Waals surface area (Å²) in [5.41, 5.74) is 6.22. The highest BCUT2D eigenvalue weighted by Crippen LogP contribution is 1.96. The second-order valence-corrected chi connectivity index (χ2v) is 2.16. The second-order valence-electron chi connectivity index (χ2n) is 2.16. The van der Waals surface area contributed by atoms with Crippen molar-refractivity contribution in [2.45, 2.75) is 13.8 Å². The van der Waals surface area contributed by atoms with Crippen LogP contribution < -0.4 is 5.73 Å². The Morgan fingerprint density at radius 1 is 1.56 bits per heavy atom. The molecular formula is C7H14N2. The molecular weight excluding hydrogens is 112 g/mol. The van der Waals surface area contributed by atoms with Crippen molar-refractivity contribution in [3.05, 3.63) is 12.3 Å². The van der Waals surface area contributed by atoms with E-state index in [9.17, 15) is 0 Å². The lowest BCUT2D eigenvalue weighted by Crippen LogP contribution is -2.03. The van der Waals surface area contributed by atoms with Gasteiger partial charge in [-0.2, -0.15) is 0 Å². The molecule has 0 spiro atoms. The first kappa shape index (κ1) is 8.21. The molecule has 0 aromatic heterocycles. The monoisotopic (exact) mass is 126 g/mol. The van der Waals surface area contributed by atoms with Gasteiger partial charge < -0.3 is 5.73 Å². The highest BCUT2D eigenvalue weighted by molar-refractivity contribution is 5.96. The average molecular weight is 126 g/mol. The van der Waals surface area contributed by atoms with Gasteiger partial charge in [0.05, 0.1) is 0 Å². The van der Waals surface area contributed by atoms with Crippen molar-refractivity contribution >= 4 is 5.71 Å². The van der Waals surface area contributed by atoms with E-state index in [1.165, 1.54) is 6.20 Å². The van der Waals surface area contributed by atoms with E-state index in [2.05, 4.69) is 18.8 Å². The molecule has 0 saturated heterocycles. The van der Waals surface area contributed by atoms with Gasteiger partial charge in [0.15, 0.2) is 0 Å². The van der Waals surface area contributed by atoms with E-state index in [0.29, 0.717) is 5.92 Å². The molecule has 0 atom stereocenters. The molecule has 2 nitrogen and oxygen atoms in total. The lowest BCUT2D eigenvalue weighted by atomic mass is 10.1. The lowest BCUT2D eigenvalue weighted by Gasteiger charge is -2.01. The Bertz CT molecular complexity index is 123. The predicted octanol–water partition coefficient (Wildman–Crippen LogP) is 1.19. The first-order chi connectivity index (χ1) is 4.22. The molecule has 0 aliphatic rings. The van der Waals surface area contributed by atoms with Gasteiger partial charge in [-0.1, -0.05) is 13.8 Å². The predicted molar refractivity (Wildman–Crippen MR) is 41.5 cm³/mol. The largest absolute Gasteiger partial charge is 0.405 e. The van der Waals surface area contributed by atoms with Crippen LogP contribution in [0.3, 0.4) is 0 Å². The van der Waals surface area contributed by atoms with Crippen LogP contribution in [0.25, 0.3) is 0 Å². The summed E-state index contributed by atoms with van der Waals surface area (Å²) in [6, 6.07) is 0. The number of hydrogen-bond acceptors (Lipinski definition) is 2.